The number of ether oxygens (including phenoxy) is 1. The van der Waals surface area contributed by atoms with Crippen molar-refractivity contribution in [3.63, 3.8) is 0 Å². The number of nitrogens with zero attached hydrogens (tertiary/aromatic N) is 2. The highest BCUT2D eigenvalue weighted by Gasteiger charge is 2.12. The van der Waals surface area contributed by atoms with Gasteiger partial charge in [-0.3, -0.25) is 10.1 Å². The summed E-state index contributed by atoms with van der Waals surface area (Å²) in [7, 11) is 0. The molecule has 0 fully saturated rings. The maximum Gasteiger partial charge on any atom is 0.274 e. The molecule has 100 valence electrons. The van der Waals surface area contributed by atoms with Crippen molar-refractivity contribution in [1.82, 2.24) is 0 Å². The molecule has 0 bridgehead atoms. The Hall–Kier alpha value is -3.01. The summed E-state index contributed by atoms with van der Waals surface area (Å²) in [5.74, 6) is -1.90. The molecule has 0 saturated carbocycles. The van der Waals surface area contributed by atoms with Crippen LogP contribution in [-0.2, 0) is 0 Å². The maximum absolute atomic E-state index is 13.0. The lowest BCUT2D eigenvalue weighted by Gasteiger charge is -2.06. The molecule has 5 nitrogen and oxygen atoms in total. The van der Waals surface area contributed by atoms with Crippen molar-refractivity contribution in [2.45, 2.75) is 0 Å². The van der Waals surface area contributed by atoms with Crippen LogP contribution in [0.4, 0.5) is 14.5 Å². The minimum Gasteiger partial charge on any atom is -0.457 e. The van der Waals surface area contributed by atoms with Gasteiger partial charge in [0.25, 0.3) is 5.69 Å². The number of hydrogen-bond acceptors (Lipinski definition) is 4. The average Bonchev–Trinajstić information content (AvgIpc) is 2.36. The topological polar surface area (TPSA) is 76.2 Å². The summed E-state index contributed by atoms with van der Waals surface area (Å²) in [6.45, 7) is 0. The third-order valence-electron chi connectivity index (χ3n) is 2.30. The Morgan fingerprint density at radius 3 is 2.20 bits per heavy atom. The molecule has 0 aliphatic rings. The third kappa shape index (κ3) is 3.05. The summed E-state index contributed by atoms with van der Waals surface area (Å²) in [6.07, 6.45) is 0. The van der Waals surface area contributed by atoms with Crippen LogP contribution in [0.1, 0.15) is 5.56 Å². The molecular formula is C13H6F2N2O3. The van der Waals surface area contributed by atoms with Crippen LogP contribution in [0.2, 0.25) is 0 Å². The highest BCUT2D eigenvalue weighted by atomic mass is 19.1. The molecule has 0 aromatic heterocycles. The van der Waals surface area contributed by atoms with E-state index in [1.165, 1.54) is 6.07 Å². The summed E-state index contributed by atoms with van der Waals surface area (Å²) in [4.78, 5) is 10.0. The van der Waals surface area contributed by atoms with Crippen molar-refractivity contribution in [3.8, 4) is 17.6 Å². The minimum atomic E-state index is -0.842. The predicted octanol–water partition coefficient (Wildman–Crippen LogP) is 3.54. The van der Waals surface area contributed by atoms with Crippen LogP contribution >= 0.6 is 0 Å². The summed E-state index contributed by atoms with van der Waals surface area (Å²) >= 11 is 0. The number of nitro groups is 1. The van der Waals surface area contributed by atoms with Gasteiger partial charge in [0, 0.05) is 24.3 Å². The Labute approximate surface area is 111 Å². The monoisotopic (exact) mass is 276 g/mol. The molecule has 2 aromatic rings. The van der Waals surface area contributed by atoms with Crippen molar-refractivity contribution in [2.24, 2.45) is 0 Å². The van der Waals surface area contributed by atoms with E-state index in [0.717, 1.165) is 24.3 Å². The van der Waals surface area contributed by atoms with E-state index in [1.54, 1.807) is 6.07 Å². The van der Waals surface area contributed by atoms with Gasteiger partial charge in [0.2, 0.25) is 0 Å². The van der Waals surface area contributed by atoms with Crippen molar-refractivity contribution in [3.05, 3.63) is 63.7 Å². The number of hydrogen-bond donors (Lipinski definition) is 0. The molecule has 0 amide bonds. The van der Waals surface area contributed by atoms with Gasteiger partial charge in [0.15, 0.2) is 0 Å². The van der Waals surface area contributed by atoms with Crippen LogP contribution in [0.3, 0.4) is 0 Å². The molecule has 0 unspecified atom stereocenters. The summed E-state index contributed by atoms with van der Waals surface area (Å²) in [5.41, 5.74) is -0.345. The van der Waals surface area contributed by atoms with Gasteiger partial charge in [-0.2, -0.15) is 5.26 Å². The SMILES string of the molecule is N#Cc1cc(Oc2cc(F)cc(F)c2)cc([N+](=O)[O-])c1. The standard InChI is InChI=1S/C13H6F2N2O3/c14-9-3-10(15)5-13(4-9)20-12-2-8(7-16)1-11(6-12)17(18)19/h1-6H. The zero-order chi connectivity index (χ0) is 14.7. The fourth-order valence-electron chi connectivity index (χ4n) is 1.54. The molecule has 0 saturated heterocycles. The van der Waals surface area contributed by atoms with Crippen molar-refractivity contribution < 1.29 is 18.4 Å². The Morgan fingerprint density at radius 2 is 1.65 bits per heavy atom. The second-order valence-electron chi connectivity index (χ2n) is 3.79. The van der Waals surface area contributed by atoms with Gasteiger partial charge in [0.05, 0.1) is 22.6 Å². The van der Waals surface area contributed by atoms with Crippen molar-refractivity contribution in [2.75, 3.05) is 0 Å². The van der Waals surface area contributed by atoms with Crippen LogP contribution in [0, 0.1) is 33.1 Å². The first kappa shape index (κ1) is 13.4. The number of nitriles is 1. The van der Waals surface area contributed by atoms with Gasteiger partial charge in [-0.15, -0.1) is 0 Å². The molecule has 0 atom stereocenters. The second kappa shape index (κ2) is 5.32. The van der Waals surface area contributed by atoms with Crippen LogP contribution in [0.5, 0.6) is 11.5 Å². The summed E-state index contributed by atoms with van der Waals surface area (Å²) in [5, 5.41) is 19.5. The van der Waals surface area contributed by atoms with Gasteiger partial charge >= 0.3 is 0 Å². The van der Waals surface area contributed by atoms with Crippen molar-refractivity contribution in [1.29, 1.82) is 5.26 Å². The fourth-order valence-corrected chi connectivity index (χ4v) is 1.54. The van der Waals surface area contributed by atoms with E-state index < -0.39 is 16.6 Å². The lowest BCUT2D eigenvalue weighted by molar-refractivity contribution is -0.384. The summed E-state index contributed by atoms with van der Waals surface area (Å²) in [6, 6.07) is 7.61. The molecular weight excluding hydrogens is 270 g/mol. The van der Waals surface area contributed by atoms with E-state index >= 15 is 0 Å². The summed E-state index contributed by atoms with van der Waals surface area (Å²) < 4.78 is 31.1. The van der Waals surface area contributed by atoms with E-state index in [1.807, 2.05) is 0 Å². The van der Waals surface area contributed by atoms with E-state index in [9.17, 15) is 18.9 Å². The van der Waals surface area contributed by atoms with Gasteiger partial charge in [-0.25, -0.2) is 8.78 Å². The predicted molar refractivity (Wildman–Crippen MR) is 64.2 cm³/mol. The van der Waals surface area contributed by atoms with Gasteiger partial charge in [-0.05, 0) is 6.07 Å². The zero-order valence-electron chi connectivity index (χ0n) is 9.84. The molecule has 2 rings (SSSR count). The molecule has 0 radical (unpaired) electrons. The second-order valence-corrected chi connectivity index (χ2v) is 3.79. The largest absolute Gasteiger partial charge is 0.457 e. The normalized spacial score (nSPS) is 9.85. The van der Waals surface area contributed by atoms with Gasteiger partial charge < -0.3 is 4.74 Å². The Kier molecular flexibility index (Phi) is 3.57. The number of rotatable bonds is 3. The first-order valence-electron chi connectivity index (χ1n) is 5.31. The minimum absolute atomic E-state index is 0.00563. The first-order valence-corrected chi connectivity index (χ1v) is 5.31. The van der Waals surface area contributed by atoms with Crippen LogP contribution in [0.15, 0.2) is 36.4 Å². The Morgan fingerprint density at radius 1 is 1.05 bits per heavy atom. The van der Waals surface area contributed by atoms with Crippen LogP contribution in [-0.4, -0.2) is 4.92 Å². The third-order valence-corrected chi connectivity index (χ3v) is 2.30. The molecule has 0 spiro atoms. The molecule has 0 aliphatic heterocycles. The highest BCUT2D eigenvalue weighted by Crippen LogP contribution is 2.28. The van der Waals surface area contributed by atoms with Crippen LogP contribution < -0.4 is 4.74 Å². The maximum atomic E-state index is 13.0. The zero-order valence-corrected chi connectivity index (χ0v) is 9.84. The quantitative estimate of drug-likeness (QED) is 0.634. The van der Waals surface area contributed by atoms with E-state index in [4.69, 9.17) is 10.00 Å². The van der Waals surface area contributed by atoms with E-state index in [0.29, 0.717) is 6.07 Å². The van der Waals surface area contributed by atoms with Crippen LogP contribution in [0.25, 0.3) is 0 Å². The number of benzene rings is 2. The Balaban J connectivity index is 2.40. The number of nitro benzene ring substituents is 1. The molecule has 2 aromatic carbocycles. The molecule has 0 aliphatic carbocycles. The lowest BCUT2D eigenvalue weighted by atomic mass is 10.2. The number of halogens is 2. The van der Waals surface area contributed by atoms with Gasteiger partial charge in [0.1, 0.15) is 23.1 Å². The molecule has 0 N–H and O–H groups in total. The smallest absolute Gasteiger partial charge is 0.274 e. The molecule has 20 heavy (non-hydrogen) atoms. The molecule has 7 heteroatoms. The number of non-ortho nitro benzene ring substituents is 1. The fraction of sp³-hybridized carbons (Fsp3) is 0. The van der Waals surface area contributed by atoms with Crippen molar-refractivity contribution >= 4 is 5.69 Å². The first-order chi connectivity index (χ1) is 9.47. The lowest BCUT2D eigenvalue weighted by Crippen LogP contribution is -1.92. The average molecular weight is 276 g/mol. The molecule has 0 heterocycles. The van der Waals surface area contributed by atoms with E-state index in [-0.39, 0.29) is 22.7 Å². The highest BCUT2D eigenvalue weighted by molar-refractivity contribution is 5.48. The Bertz CT molecular complexity index is 706. The van der Waals surface area contributed by atoms with E-state index in [2.05, 4.69) is 0 Å². The van der Waals surface area contributed by atoms with Gasteiger partial charge in [-0.1, -0.05) is 0 Å².